The average Bonchev–Trinajstić information content (AvgIpc) is 3.01. The summed E-state index contributed by atoms with van der Waals surface area (Å²) in [5, 5.41) is 6.80. The van der Waals surface area contributed by atoms with Crippen LogP contribution in [0, 0.1) is 17.5 Å². The summed E-state index contributed by atoms with van der Waals surface area (Å²) in [6.07, 6.45) is -4.13. The van der Waals surface area contributed by atoms with Crippen molar-refractivity contribution in [3.63, 3.8) is 0 Å². The Hall–Kier alpha value is -2.14. The normalized spacial score (nSPS) is 16.4. The Morgan fingerprint density at radius 2 is 1.74 bits per heavy atom. The van der Waals surface area contributed by atoms with E-state index in [9.17, 15) is 26.3 Å². The van der Waals surface area contributed by atoms with Crippen LogP contribution >= 0.6 is 0 Å². The smallest absolute Gasteiger partial charge is 0.327 e. The van der Waals surface area contributed by atoms with E-state index in [4.69, 9.17) is 5.73 Å². The number of hydrogen-bond donors (Lipinski definition) is 1. The summed E-state index contributed by atoms with van der Waals surface area (Å²) in [5.74, 6) is -4.07. The van der Waals surface area contributed by atoms with Gasteiger partial charge in [-0.15, -0.1) is 10.2 Å². The van der Waals surface area contributed by atoms with Crippen molar-refractivity contribution in [3.8, 4) is 0 Å². The van der Waals surface area contributed by atoms with Crippen LogP contribution in [0.4, 0.5) is 26.3 Å². The molecular formula is C16H17F6N5. The molecule has 0 unspecified atom stereocenters. The Labute approximate surface area is 150 Å². The fourth-order valence-corrected chi connectivity index (χ4v) is 3.06. The number of halogens is 6. The van der Waals surface area contributed by atoms with Crippen molar-refractivity contribution in [2.75, 3.05) is 13.1 Å². The van der Waals surface area contributed by atoms with E-state index in [-0.39, 0.29) is 30.9 Å². The van der Waals surface area contributed by atoms with E-state index in [0.29, 0.717) is 25.6 Å². The summed E-state index contributed by atoms with van der Waals surface area (Å²) in [7, 11) is 0. The third kappa shape index (κ3) is 4.41. The van der Waals surface area contributed by atoms with Crippen molar-refractivity contribution < 1.29 is 26.3 Å². The molecule has 0 bridgehead atoms. The fourth-order valence-electron chi connectivity index (χ4n) is 3.06. The van der Waals surface area contributed by atoms with Crippen molar-refractivity contribution in [1.82, 2.24) is 19.7 Å². The van der Waals surface area contributed by atoms with Gasteiger partial charge in [0.1, 0.15) is 11.6 Å². The molecule has 2 heterocycles. The molecule has 1 aliphatic heterocycles. The lowest BCUT2D eigenvalue weighted by molar-refractivity contribution is -0.148. The Morgan fingerprint density at radius 3 is 2.44 bits per heavy atom. The molecule has 2 aromatic rings. The molecule has 2 N–H and O–H groups in total. The fraction of sp³-hybridized carbons (Fsp3) is 0.500. The zero-order chi connectivity index (χ0) is 19.8. The standard InChI is InChI=1S/C16H17F6N5/c17-11-7-13(19)12(18)6-9(11)5-10(23)1-2-26-3-4-27-14(8-26)24-25-15(27)16(20,21)22/h6-7,10H,1-5,8,23H2/t10-/m0/s1. The third-order valence-electron chi connectivity index (χ3n) is 4.47. The number of benzene rings is 1. The maximum Gasteiger partial charge on any atom is 0.451 e. The van der Waals surface area contributed by atoms with Crippen molar-refractivity contribution in [1.29, 1.82) is 0 Å². The first-order valence-corrected chi connectivity index (χ1v) is 8.25. The molecule has 1 aromatic heterocycles. The maximum absolute atomic E-state index is 13.7. The SMILES string of the molecule is N[C@@H](CCN1CCn2c(nnc2C(F)(F)F)C1)Cc1cc(F)c(F)cc1F. The molecule has 148 valence electrons. The van der Waals surface area contributed by atoms with Gasteiger partial charge < -0.3 is 10.3 Å². The van der Waals surface area contributed by atoms with Crippen LogP contribution in [-0.4, -0.2) is 38.8 Å². The molecule has 11 heteroatoms. The average molecular weight is 393 g/mol. The topological polar surface area (TPSA) is 60.0 Å². The van der Waals surface area contributed by atoms with Crippen LogP contribution in [0.2, 0.25) is 0 Å². The molecule has 3 rings (SSSR count). The number of rotatable bonds is 5. The van der Waals surface area contributed by atoms with Gasteiger partial charge in [-0.1, -0.05) is 0 Å². The zero-order valence-corrected chi connectivity index (χ0v) is 14.1. The number of nitrogens with zero attached hydrogens (tertiary/aromatic N) is 4. The Kier molecular flexibility index (Phi) is 5.43. The lowest BCUT2D eigenvalue weighted by Gasteiger charge is -2.28. The van der Waals surface area contributed by atoms with Crippen LogP contribution < -0.4 is 5.73 Å². The molecular weight excluding hydrogens is 376 g/mol. The summed E-state index contributed by atoms with van der Waals surface area (Å²) in [6.45, 7) is 1.10. The molecule has 0 aliphatic carbocycles. The first-order chi connectivity index (χ1) is 12.6. The Morgan fingerprint density at radius 1 is 1.04 bits per heavy atom. The van der Waals surface area contributed by atoms with Crippen molar-refractivity contribution in [2.45, 2.75) is 38.1 Å². The highest BCUT2D eigenvalue weighted by Crippen LogP contribution is 2.29. The number of fused-ring (bicyclic) bond motifs is 1. The molecule has 0 saturated carbocycles. The summed E-state index contributed by atoms with van der Waals surface area (Å²) in [4.78, 5) is 1.87. The quantitative estimate of drug-likeness (QED) is 0.627. The van der Waals surface area contributed by atoms with Crippen LogP contribution in [0.1, 0.15) is 23.6 Å². The monoisotopic (exact) mass is 393 g/mol. The van der Waals surface area contributed by atoms with Crippen LogP contribution in [0.15, 0.2) is 12.1 Å². The second-order valence-corrected chi connectivity index (χ2v) is 6.48. The molecule has 5 nitrogen and oxygen atoms in total. The zero-order valence-electron chi connectivity index (χ0n) is 14.1. The second kappa shape index (κ2) is 7.47. The molecule has 1 aromatic carbocycles. The molecule has 27 heavy (non-hydrogen) atoms. The minimum absolute atomic E-state index is 0.0189. The van der Waals surface area contributed by atoms with Gasteiger partial charge in [-0.05, 0) is 24.5 Å². The van der Waals surface area contributed by atoms with E-state index < -0.39 is 35.5 Å². The molecule has 0 fully saturated rings. The lowest BCUT2D eigenvalue weighted by atomic mass is 10.0. The van der Waals surface area contributed by atoms with Gasteiger partial charge in [0.25, 0.3) is 0 Å². The minimum atomic E-state index is -4.55. The van der Waals surface area contributed by atoms with Gasteiger partial charge in [-0.3, -0.25) is 4.90 Å². The number of aromatic nitrogens is 3. The molecule has 0 amide bonds. The second-order valence-electron chi connectivity index (χ2n) is 6.48. The third-order valence-corrected chi connectivity index (χ3v) is 4.47. The van der Waals surface area contributed by atoms with Crippen molar-refractivity contribution in [2.24, 2.45) is 5.73 Å². The summed E-state index contributed by atoms with van der Waals surface area (Å²) < 4.78 is 79.3. The van der Waals surface area contributed by atoms with Crippen LogP contribution in [0.25, 0.3) is 0 Å². The van der Waals surface area contributed by atoms with E-state index in [0.717, 1.165) is 10.6 Å². The van der Waals surface area contributed by atoms with Gasteiger partial charge in [0.15, 0.2) is 11.6 Å². The highest BCUT2D eigenvalue weighted by atomic mass is 19.4. The predicted octanol–water partition coefficient (Wildman–Crippen LogP) is 2.49. The van der Waals surface area contributed by atoms with Gasteiger partial charge in [0, 0.05) is 31.7 Å². The van der Waals surface area contributed by atoms with E-state index >= 15 is 0 Å². The van der Waals surface area contributed by atoms with E-state index in [1.165, 1.54) is 0 Å². The highest BCUT2D eigenvalue weighted by molar-refractivity contribution is 5.21. The minimum Gasteiger partial charge on any atom is -0.327 e. The number of hydrogen-bond acceptors (Lipinski definition) is 4. The summed E-state index contributed by atoms with van der Waals surface area (Å²) in [5.41, 5.74) is 5.93. The summed E-state index contributed by atoms with van der Waals surface area (Å²) in [6, 6.07) is 0.745. The first-order valence-electron chi connectivity index (χ1n) is 8.25. The van der Waals surface area contributed by atoms with Crippen molar-refractivity contribution in [3.05, 3.63) is 46.8 Å². The Bertz CT molecular complexity index is 818. The Balaban J connectivity index is 1.55. The van der Waals surface area contributed by atoms with Gasteiger partial charge >= 0.3 is 6.18 Å². The first kappa shape index (κ1) is 19.6. The molecule has 0 spiro atoms. The number of nitrogens with two attached hydrogens (primary N) is 1. The predicted molar refractivity (Wildman–Crippen MR) is 82.9 cm³/mol. The number of alkyl halides is 3. The maximum atomic E-state index is 13.7. The van der Waals surface area contributed by atoms with Crippen molar-refractivity contribution >= 4 is 0 Å². The lowest BCUT2D eigenvalue weighted by Crippen LogP contribution is -2.38. The molecule has 0 saturated heterocycles. The molecule has 1 aliphatic rings. The van der Waals surface area contributed by atoms with E-state index in [1.54, 1.807) is 0 Å². The molecule has 1 atom stereocenters. The summed E-state index contributed by atoms with van der Waals surface area (Å²) >= 11 is 0. The van der Waals surface area contributed by atoms with Gasteiger partial charge in [0.2, 0.25) is 5.82 Å². The highest BCUT2D eigenvalue weighted by Gasteiger charge is 2.39. The van der Waals surface area contributed by atoms with E-state index in [1.807, 2.05) is 4.90 Å². The van der Waals surface area contributed by atoms with Gasteiger partial charge in [-0.2, -0.15) is 13.2 Å². The van der Waals surface area contributed by atoms with Gasteiger partial charge in [-0.25, -0.2) is 13.2 Å². The largest absolute Gasteiger partial charge is 0.451 e. The van der Waals surface area contributed by atoms with Crippen LogP contribution in [-0.2, 0) is 25.7 Å². The van der Waals surface area contributed by atoms with Gasteiger partial charge in [0.05, 0.1) is 6.54 Å². The van der Waals surface area contributed by atoms with Crippen LogP contribution in [0.3, 0.4) is 0 Å². The molecule has 0 radical (unpaired) electrons. The van der Waals surface area contributed by atoms with Crippen LogP contribution in [0.5, 0.6) is 0 Å². The van der Waals surface area contributed by atoms with E-state index in [2.05, 4.69) is 10.2 Å².